The van der Waals surface area contributed by atoms with Gasteiger partial charge in [0.15, 0.2) is 5.76 Å². The van der Waals surface area contributed by atoms with Gasteiger partial charge in [-0.25, -0.2) is 13.6 Å². The zero-order chi connectivity index (χ0) is 15.1. The quantitative estimate of drug-likeness (QED) is 0.913. The molecular formula is C14H13F2NO3. The van der Waals surface area contributed by atoms with Crippen molar-refractivity contribution < 1.29 is 23.2 Å². The maximum atomic E-state index is 13.8. The molecule has 0 aliphatic carbocycles. The summed E-state index contributed by atoms with van der Waals surface area (Å²) in [6.45, 7) is 5.26. The smallest absolute Gasteiger partial charge is 0.341 e. The molecule has 20 heavy (non-hydrogen) atoms. The van der Waals surface area contributed by atoms with E-state index < -0.39 is 23.0 Å². The second-order valence-electron chi connectivity index (χ2n) is 5.41. The van der Waals surface area contributed by atoms with Crippen LogP contribution in [-0.2, 0) is 5.41 Å². The fourth-order valence-electron chi connectivity index (χ4n) is 1.87. The molecule has 1 N–H and O–H groups in total. The molecule has 0 aliphatic heterocycles. The van der Waals surface area contributed by atoms with Crippen LogP contribution in [0.2, 0.25) is 0 Å². The van der Waals surface area contributed by atoms with E-state index in [0.29, 0.717) is 6.07 Å². The standard InChI is InChI=1S/C14H13F2NO3/c1-14(2,3)12-10(13(18)19)11(17-20-12)8-5-4-7(15)6-9(8)16/h4-6H,1-3H3,(H,18,19). The number of rotatable bonds is 2. The Kier molecular flexibility index (Phi) is 3.33. The van der Waals surface area contributed by atoms with Crippen molar-refractivity contribution in [3.8, 4) is 11.3 Å². The van der Waals surface area contributed by atoms with Gasteiger partial charge in [-0.1, -0.05) is 25.9 Å². The van der Waals surface area contributed by atoms with Crippen LogP contribution < -0.4 is 0 Å². The zero-order valence-electron chi connectivity index (χ0n) is 11.2. The topological polar surface area (TPSA) is 63.3 Å². The van der Waals surface area contributed by atoms with E-state index in [4.69, 9.17) is 4.52 Å². The van der Waals surface area contributed by atoms with E-state index in [-0.39, 0.29) is 22.6 Å². The largest absolute Gasteiger partial charge is 0.477 e. The van der Waals surface area contributed by atoms with Crippen LogP contribution in [0.3, 0.4) is 0 Å². The molecule has 0 saturated carbocycles. The fourth-order valence-corrected chi connectivity index (χ4v) is 1.87. The summed E-state index contributed by atoms with van der Waals surface area (Å²) in [5.74, 6) is -2.76. The van der Waals surface area contributed by atoms with Gasteiger partial charge in [-0.15, -0.1) is 0 Å². The lowest BCUT2D eigenvalue weighted by Gasteiger charge is -2.14. The summed E-state index contributed by atoms with van der Waals surface area (Å²) in [5, 5.41) is 13.0. The molecule has 0 atom stereocenters. The van der Waals surface area contributed by atoms with E-state index in [2.05, 4.69) is 5.16 Å². The van der Waals surface area contributed by atoms with Gasteiger partial charge in [-0.2, -0.15) is 0 Å². The maximum Gasteiger partial charge on any atom is 0.341 e. The summed E-state index contributed by atoms with van der Waals surface area (Å²) in [4.78, 5) is 11.4. The SMILES string of the molecule is CC(C)(C)c1onc(-c2ccc(F)cc2F)c1C(=O)O. The van der Waals surface area contributed by atoms with Crippen LogP contribution in [0.15, 0.2) is 22.7 Å². The Labute approximate surface area is 114 Å². The Morgan fingerprint density at radius 3 is 2.45 bits per heavy atom. The van der Waals surface area contributed by atoms with Crippen LogP contribution in [0, 0.1) is 11.6 Å². The number of carboxylic acids is 1. The van der Waals surface area contributed by atoms with E-state index in [9.17, 15) is 18.7 Å². The van der Waals surface area contributed by atoms with E-state index in [1.54, 1.807) is 20.8 Å². The normalized spacial score (nSPS) is 11.7. The number of aromatic carboxylic acids is 1. The number of halogens is 2. The highest BCUT2D eigenvalue weighted by atomic mass is 19.1. The zero-order valence-corrected chi connectivity index (χ0v) is 11.2. The van der Waals surface area contributed by atoms with E-state index in [0.717, 1.165) is 12.1 Å². The van der Waals surface area contributed by atoms with Crippen molar-refractivity contribution in [3.63, 3.8) is 0 Å². The third-order valence-electron chi connectivity index (χ3n) is 2.77. The van der Waals surface area contributed by atoms with Crippen LogP contribution in [0.1, 0.15) is 36.9 Å². The average Bonchev–Trinajstić information content (AvgIpc) is 2.72. The molecule has 0 saturated heterocycles. The van der Waals surface area contributed by atoms with E-state index >= 15 is 0 Å². The summed E-state index contributed by atoms with van der Waals surface area (Å²) >= 11 is 0. The van der Waals surface area contributed by atoms with Gasteiger partial charge in [0.2, 0.25) is 0 Å². The molecule has 0 spiro atoms. The first-order valence-electron chi connectivity index (χ1n) is 5.90. The van der Waals surface area contributed by atoms with Crippen molar-refractivity contribution in [2.24, 2.45) is 0 Å². The second kappa shape index (κ2) is 4.70. The fraction of sp³-hybridized carbons (Fsp3) is 0.286. The van der Waals surface area contributed by atoms with Crippen molar-refractivity contribution in [1.29, 1.82) is 0 Å². The molecule has 4 nitrogen and oxygen atoms in total. The van der Waals surface area contributed by atoms with Crippen molar-refractivity contribution in [2.75, 3.05) is 0 Å². The first kappa shape index (κ1) is 14.2. The van der Waals surface area contributed by atoms with E-state index in [1.807, 2.05) is 0 Å². The number of benzene rings is 1. The molecule has 0 radical (unpaired) electrons. The number of carbonyl (C=O) groups is 1. The van der Waals surface area contributed by atoms with Gasteiger partial charge in [0.05, 0.1) is 0 Å². The number of carboxylic acid groups (broad SMARTS) is 1. The van der Waals surface area contributed by atoms with Crippen LogP contribution in [-0.4, -0.2) is 16.2 Å². The summed E-state index contributed by atoms with van der Waals surface area (Å²) in [7, 11) is 0. The minimum Gasteiger partial charge on any atom is -0.477 e. The van der Waals surface area contributed by atoms with Crippen molar-refractivity contribution in [2.45, 2.75) is 26.2 Å². The molecule has 0 fully saturated rings. The lowest BCUT2D eigenvalue weighted by Crippen LogP contribution is -2.15. The Balaban J connectivity index is 2.69. The Morgan fingerprint density at radius 1 is 1.30 bits per heavy atom. The first-order chi connectivity index (χ1) is 9.21. The van der Waals surface area contributed by atoms with Crippen molar-refractivity contribution >= 4 is 5.97 Å². The lowest BCUT2D eigenvalue weighted by atomic mass is 9.89. The summed E-state index contributed by atoms with van der Waals surface area (Å²) in [6, 6.07) is 2.85. The van der Waals surface area contributed by atoms with Gasteiger partial charge in [0.1, 0.15) is 22.9 Å². The highest BCUT2D eigenvalue weighted by molar-refractivity contribution is 5.96. The van der Waals surface area contributed by atoms with Crippen LogP contribution in [0.5, 0.6) is 0 Å². The number of hydrogen-bond acceptors (Lipinski definition) is 3. The molecular weight excluding hydrogens is 268 g/mol. The van der Waals surface area contributed by atoms with Gasteiger partial charge < -0.3 is 9.63 Å². The third-order valence-corrected chi connectivity index (χ3v) is 2.77. The number of hydrogen-bond donors (Lipinski definition) is 1. The molecule has 1 aromatic heterocycles. The summed E-state index contributed by atoms with van der Waals surface area (Å²) in [6.07, 6.45) is 0. The van der Waals surface area contributed by atoms with Gasteiger partial charge in [0, 0.05) is 17.0 Å². The predicted octanol–water partition coefficient (Wildman–Crippen LogP) is 3.62. The summed E-state index contributed by atoms with van der Waals surface area (Å²) < 4.78 is 31.8. The minimum atomic E-state index is -1.27. The van der Waals surface area contributed by atoms with Gasteiger partial charge in [-0.3, -0.25) is 0 Å². The Hall–Kier alpha value is -2.24. The average molecular weight is 281 g/mol. The van der Waals surface area contributed by atoms with Crippen LogP contribution in [0.25, 0.3) is 11.3 Å². The molecule has 0 amide bonds. The van der Waals surface area contributed by atoms with Gasteiger partial charge >= 0.3 is 5.97 Å². The van der Waals surface area contributed by atoms with Crippen molar-refractivity contribution in [1.82, 2.24) is 5.16 Å². The molecule has 0 unspecified atom stereocenters. The second-order valence-corrected chi connectivity index (χ2v) is 5.41. The predicted molar refractivity (Wildman–Crippen MR) is 67.5 cm³/mol. The molecule has 6 heteroatoms. The van der Waals surface area contributed by atoms with Crippen LogP contribution in [0.4, 0.5) is 8.78 Å². The lowest BCUT2D eigenvalue weighted by molar-refractivity contribution is 0.0693. The van der Waals surface area contributed by atoms with E-state index in [1.165, 1.54) is 0 Å². The first-order valence-corrected chi connectivity index (χ1v) is 5.90. The molecule has 0 aliphatic rings. The van der Waals surface area contributed by atoms with Crippen molar-refractivity contribution in [3.05, 3.63) is 41.2 Å². The summed E-state index contributed by atoms with van der Waals surface area (Å²) in [5.41, 5.74) is -1.05. The third kappa shape index (κ3) is 2.41. The monoisotopic (exact) mass is 281 g/mol. The van der Waals surface area contributed by atoms with Gasteiger partial charge in [0.25, 0.3) is 0 Å². The number of nitrogens with zero attached hydrogens (tertiary/aromatic N) is 1. The molecule has 2 rings (SSSR count). The minimum absolute atomic E-state index is 0.108. The molecule has 0 bridgehead atoms. The maximum absolute atomic E-state index is 13.8. The molecule has 1 aromatic carbocycles. The highest BCUT2D eigenvalue weighted by Gasteiger charge is 2.32. The Morgan fingerprint density at radius 2 is 1.95 bits per heavy atom. The molecule has 106 valence electrons. The molecule has 2 aromatic rings. The Bertz CT molecular complexity index is 672. The highest BCUT2D eigenvalue weighted by Crippen LogP contribution is 2.34. The van der Waals surface area contributed by atoms with Gasteiger partial charge in [-0.05, 0) is 12.1 Å². The number of aromatic nitrogens is 1. The van der Waals surface area contributed by atoms with Crippen LogP contribution >= 0.6 is 0 Å². The molecule has 1 heterocycles.